The molecule has 0 radical (unpaired) electrons. The number of anilines is 1. The third kappa shape index (κ3) is 4.58. The summed E-state index contributed by atoms with van der Waals surface area (Å²) in [5, 5.41) is 20.0. The zero-order valence-corrected chi connectivity index (χ0v) is 11.5. The van der Waals surface area contributed by atoms with Crippen molar-refractivity contribution in [2.75, 3.05) is 5.32 Å². The zero-order valence-electron chi connectivity index (χ0n) is 11.5. The molecule has 0 atom stereocenters. The highest BCUT2D eigenvalue weighted by Crippen LogP contribution is 2.12. The van der Waals surface area contributed by atoms with Crippen molar-refractivity contribution in [1.82, 2.24) is 0 Å². The fourth-order valence-corrected chi connectivity index (χ4v) is 1.65. The summed E-state index contributed by atoms with van der Waals surface area (Å²) in [6.07, 6.45) is 3.07. The van der Waals surface area contributed by atoms with E-state index >= 15 is 0 Å². The maximum atomic E-state index is 10.9. The molecule has 0 aliphatic rings. The van der Waals surface area contributed by atoms with Gasteiger partial charge in [0, 0.05) is 18.2 Å². The van der Waals surface area contributed by atoms with Crippen LogP contribution in [-0.2, 0) is 4.79 Å². The van der Waals surface area contributed by atoms with Crippen molar-refractivity contribution in [2.45, 2.75) is 6.92 Å². The smallest absolute Gasteiger partial charge is 0.221 e. The molecule has 0 unspecified atom stereocenters. The first-order chi connectivity index (χ1) is 10.1. The van der Waals surface area contributed by atoms with E-state index in [-0.39, 0.29) is 11.7 Å². The maximum Gasteiger partial charge on any atom is 0.221 e. The van der Waals surface area contributed by atoms with Gasteiger partial charge in [-0.05, 0) is 29.8 Å². The van der Waals surface area contributed by atoms with E-state index in [2.05, 4.69) is 15.5 Å². The van der Waals surface area contributed by atoms with E-state index in [4.69, 9.17) is 0 Å². The van der Waals surface area contributed by atoms with Crippen LogP contribution >= 0.6 is 0 Å². The van der Waals surface area contributed by atoms with Crippen LogP contribution in [0.2, 0.25) is 0 Å². The normalized spacial score (nSPS) is 11.1. The summed E-state index contributed by atoms with van der Waals surface area (Å²) in [7, 11) is 0. The highest BCUT2D eigenvalue weighted by Gasteiger charge is 1.95. The molecule has 2 rings (SSSR count). The highest BCUT2D eigenvalue weighted by molar-refractivity contribution is 5.89. The zero-order chi connectivity index (χ0) is 15.1. The van der Waals surface area contributed by atoms with Gasteiger partial charge in [0.1, 0.15) is 5.75 Å². The van der Waals surface area contributed by atoms with Crippen LogP contribution in [0.15, 0.2) is 58.7 Å². The van der Waals surface area contributed by atoms with Crippen molar-refractivity contribution >= 4 is 24.0 Å². The van der Waals surface area contributed by atoms with Crippen LogP contribution in [0.1, 0.15) is 18.1 Å². The van der Waals surface area contributed by atoms with Gasteiger partial charge in [0.25, 0.3) is 0 Å². The molecule has 2 N–H and O–H groups in total. The molecule has 0 saturated carbocycles. The minimum Gasteiger partial charge on any atom is -0.507 e. The van der Waals surface area contributed by atoms with E-state index in [0.29, 0.717) is 5.56 Å². The first-order valence-electron chi connectivity index (χ1n) is 6.37. The Bertz CT molecular complexity index is 676. The maximum absolute atomic E-state index is 10.9. The lowest BCUT2D eigenvalue weighted by Gasteiger charge is -2.00. The highest BCUT2D eigenvalue weighted by atomic mass is 16.3. The molecule has 106 valence electrons. The van der Waals surface area contributed by atoms with Crippen molar-refractivity contribution in [2.24, 2.45) is 10.2 Å². The number of benzene rings is 2. The topological polar surface area (TPSA) is 74.0 Å². The van der Waals surface area contributed by atoms with E-state index in [1.54, 1.807) is 36.5 Å². The first kappa shape index (κ1) is 14.5. The van der Waals surface area contributed by atoms with Crippen molar-refractivity contribution in [1.29, 1.82) is 0 Å². The van der Waals surface area contributed by atoms with Crippen molar-refractivity contribution < 1.29 is 9.90 Å². The van der Waals surface area contributed by atoms with Gasteiger partial charge in [-0.1, -0.05) is 24.3 Å². The molecule has 5 heteroatoms. The van der Waals surface area contributed by atoms with Crippen LogP contribution in [0, 0.1) is 0 Å². The number of phenols is 1. The molecule has 0 aliphatic carbocycles. The number of hydrogen-bond donors (Lipinski definition) is 2. The number of nitrogens with zero attached hydrogens (tertiary/aromatic N) is 2. The molecule has 5 nitrogen and oxygen atoms in total. The third-order valence-electron chi connectivity index (χ3n) is 2.64. The predicted molar refractivity (Wildman–Crippen MR) is 84.0 cm³/mol. The molecule has 0 heterocycles. The van der Waals surface area contributed by atoms with Crippen molar-refractivity contribution in [3.8, 4) is 5.75 Å². The number of nitrogens with one attached hydrogen (secondary N) is 1. The van der Waals surface area contributed by atoms with Crippen LogP contribution in [-0.4, -0.2) is 23.4 Å². The lowest BCUT2D eigenvalue weighted by atomic mass is 10.2. The van der Waals surface area contributed by atoms with Crippen LogP contribution in [0.3, 0.4) is 0 Å². The summed E-state index contributed by atoms with van der Waals surface area (Å²) in [4.78, 5) is 10.9. The van der Waals surface area contributed by atoms with E-state index in [1.807, 2.05) is 18.2 Å². The predicted octanol–water partition coefficient (Wildman–Crippen LogP) is 2.80. The lowest BCUT2D eigenvalue weighted by Crippen LogP contribution is -2.05. The standard InChI is InChI=1S/C16H15N3O2/c1-12(20)19-15-8-6-13(7-9-15)10-17-18-11-14-4-2-3-5-16(14)21/h2-11,21H,1H3,(H,19,20)/b17-10-,18-11+. The minimum absolute atomic E-state index is 0.108. The molecule has 0 saturated heterocycles. The second-order valence-electron chi connectivity index (χ2n) is 4.35. The van der Waals surface area contributed by atoms with Gasteiger partial charge in [-0.25, -0.2) is 0 Å². The minimum atomic E-state index is -0.108. The Balaban J connectivity index is 1.98. The number of rotatable bonds is 4. The number of aromatic hydroxyl groups is 1. The molecule has 1 amide bonds. The Morgan fingerprint density at radius 3 is 2.38 bits per heavy atom. The van der Waals surface area contributed by atoms with Crippen molar-refractivity contribution in [3.63, 3.8) is 0 Å². The third-order valence-corrected chi connectivity index (χ3v) is 2.64. The van der Waals surface area contributed by atoms with Gasteiger partial charge in [0.05, 0.1) is 12.4 Å². The molecule has 0 aromatic heterocycles. The average molecular weight is 281 g/mol. The fourth-order valence-electron chi connectivity index (χ4n) is 1.65. The molecule has 0 spiro atoms. The Kier molecular flexibility index (Phi) is 4.82. The molecule has 2 aromatic rings. The summed E-state index contributed by atoms with van der Waals surface area (Å²) < 4.78 is 0. The number of para-hydroxylation sites is 1. The molecule has 0 aliphatic heterocycles. The Morgan fingerprint density at radius 1 is 1.05 bits per heavy atom. The Hall–Kier alpha value is -2.95. The number of carbonyl (C=O) groups is 1. The lowest BCUT2D eigenvalue weighted by molar-refractivity contribution is -0.114. The SMILES string of the molecule is CC(=O)Nc1ccc(/C=N\N=C\c2ccccc2O)cc1. The van der Waals surface area contributed by atoms with Crippen molar-refractivity contribution in [3.05, 3.63) is 59.7 Å². The van der Waals surface area contributed by atoms with E-state index in [0.717, 1.165) is 11.3 Å². The molecular weight excluding hydrogens is 266 g/mol. The van der Waals surface area contributed by atoms with E-state index in [1.165, 1.54) is 13.1 Å². The molecular formula is C16H15N3O2. The number of hydrogen-bond acceptors (Lipinski definition) is 4. The van der Waals surface area contributed by atoms with Crippen LogP contribution in [0.25, 0.3) is 0 Å². The molecule has 0 fully saturated rings. The molecule has 21 heavy (non-hydrogen) atoms. The first-order valence-corrected chi connectivity index (χ1v) is 6.37. The number of carbonyl (C=O) groups excluding carboxylic acids is 1. The molecule has 0 bridgehead atoms. The quantitative estimate of drug-likeness (QED) is 0.668. The second kappa shape index (κ2) is 7.00. The number of phenolic OH excluding ortho intramolecular Hbond substituents is 1. The van der Waals surface area contributed by atoms with Gasteiger partial charge in [-0.3, -0.25) is 4.79 Å². The Labute approximate surface area is 122 Å². The van der Waals surface area contributed by atoms with Crippen LogP contribution < -0.4 is 5.32 Å². The molecule has 2 aromatic carbocycles. The van der Waals surface area contributed by atoms with Gasteiger partial charge in [0.15, 0.2) is 0 Å². The van der Waals surface area contributed by atoms with Gasteiger partial charge in [-0.2, -0.15) is 10.2 Å². The van der Waals surface area contributed by atoms with E-state index < -0.39 is 0 Å². The van der Waals surface area contributed by atoms with Crippen LogP contribution in [0.4, 0.5) is 5.69 Å². The average Bonchev–Trinajstić information content (AvgIpc) is 2.46. The van der Waals surface area contributed by atoms with Gasteiger partial charge in [-0.15, -0.1) is 0 Å². The fraction of sp³-hybridized carbons (Fsp3) is 0.0625. The van der Waals surface area contributed by atoms with Crippen LogP contribution in [0.5, 0.6) is 5.75 Å². The monoisotopic (exact) mass is 281 g/mol. The second-order valence-corrected chi connectivity index (χ2v) is 4.35. The summed E-state index contributed by atoms with van der Waals surface area (Å²) in [5.41, 5.74) is 2.20. The van der Waals surface area contributed by atoms with E-state index in [9.17, 15) is 9.90 Å². The summed E-state index contributed by atoms with van der Waals surface area (Å²) in [5.74, 6) is 0.0554. The Morgan fingerprint density at radius 2 is 1.71 bits per heavy atom. The van der Waals surface area contributed by atoms with Gasteiger partial charge < -0.3 is 10.4 Å². The largest absolute Gasteiger partial charge is 0.507 e. The summed E-state index contributed by atoms with van der Waals surface area (Å²) in [6.45, 7) is 1.46. The van der Waals surface area contributed by atoms with Gasteiger partial charge >= 0.3 is 0 Å². The number of amides is 1. The summed E-state index contributed by atoms with van der Waals surface area (Å²) >= 11 is 0. The summed E-state index contributed by atoms with van der Waals surface area (Å²) in [6, 6.07) is 14.1. The van der Waals surface area contributed by atoms with Gasteiger partial charge in [0.2, 0.25) is 5.91 Å².